The van der Waals surface area contributed by atoms with E-state index >= 15 is 0 Å². The van der Waals surface area contributed by atoms with E-state index in [1.54, 1.807) is 0 Å². The molecule has 142 valence electrons. The Kier molecular flexibility index (Phi) is 7.64. The summed E-state index contributed by atoms with van der Waals surface area (Å²) in [6.45, 7) is -0.569. The van der Waals surface area contributed by atoms with E-state index in [0.29, 0.717) is 5.02 Å². The molecule has 0 heterocycles. The predicted molar refractivity (Wildman–Crippen MR) is 101 cm³/mol. The Hall–Kier alpha value is -2.57. The summed E-state index contributed by atoms with van der Waals surface area (Å²) >= 11 is 11.7. The molecule has 0 aliphatic carbocycles. The van der Waals surface area contributed by atoms with E-state index in [0.717, 1.165) is 5.56 Å². The molecule has 2 aromatic rings. The number of benzene rings is 2. The van der Waals surface area contributed by atoms with Crippen molar-refractivity contribution in [2.24, 2.45) is 0 Å². The molecule has 0 saturated carbocycles. The third-order valence-corrected chi connectivity index (χ3v) is 4.14. The number of halogens is 2. The average molecular weight is 410 g/mol. The number of ether oxygens (including phenoxy) is 2. The summed E-state index contributed by atoms with van der Waals surface area (Å²) in [7, 11) is 1.23. The molecule has 0 aromatic heterocycles. The fourth-order valence-corrected chi connectivity index (χ4v) is 2.77. The predicted octanol–water partition coefficient (Wildman–Crippen LogP) is 3.05. The second kappa shape index (κ2) is 9.94. The molecule has 0 bridgehead atoms. The molecule has 0 saturated heterocycles. The van der Waals surface area contributed by atoms with Gasteiger partial charge in [0.2, 0.25) is 0 Å². The SMILES string of the molecule is COC(=O)[C@@H](Cc1ccccc1)NC(=O)COC(=O)c1ccc(Cl)cc1Cl. The van der Waals surface area contributed by atoms with Crippen LogP contribution in [0.4, 0.5) is 0 Å². The number of nitrogens with one attached hydrogen (secondary N) is 1. The lowest BCUT2D eigenvalue weighted by Gasteiger charge is -2.16. The van der Waals surface area contributed by atoms with Gasteiger partial charge in [0.25, 0.3) is 5.91 Å². The molecule has 0 unspecified atom stereocenters. The summed E-state index contributed by atoms with van der Waals surface area (Å²) in [4.78, 5) is 36.0. The van der Waals surface area contributed by atoms with E-state index in [2.05, 4.69) is 5.32 Å². The topological polar surface area (TPSA) is 81.7 Å². The number of rotatable bonds is 7. The highest BCUT2D eigenvalue weighted by Gasteiger charge is 2.23. The molecule has 1 N–H and O–H groups in total. The molecule has 2 aromatic carbocycles. The van der Waals surface area contributed by atoms with Crippen molar-refractivity contribution >= 4 is 41.0 Å². The maximum atomic E-state index is 12.1. The molecule has 0 aliphatic rings. The Labute approximate surface area is 166 Å². The lowest BCUT2D eigenvalue weighted by atomic mass is 10.1. The molecule has 1 amide bonds. The molecule has 27 heavy (non-hydrogen) atoms. The van der Waals surface area contributed by atoms with E-state index in [1.165, 1.54) is 25.3 Å². The van der Waals surface area contributed by atoms with Gasteiger partial charge in [-0.15, -0.1) is 0 Å². The molecule has 2 rings (SSSR count). The number of carbonyl (C=O) groups is 3. The fourth-order valence-electron chi connectivity index (χ4n) is 2.29. The highest BCUT2D eigenvalue weighted by molar-refractivity contribution is 6.36. The normalized spacial score (nSPS) is 11.4. The van der Waals surface area contributed by atoms with Gasteiger partial charge >= 0.3 is 11.9 Å². The first-order valence-electron chi connectivity index (χ1n) is 7.94. The summed E-state index contributed by atoms with van der Waals surface area (Å²) in [6, 6.07) is 12.5. The van der Waals surface area contributed by atoms with Crippen molar-refractivity contribution in [2.75, 3.05) is 13.7 Å². The van der Waals surface area contributed by atoms with Crippen LogP contribution in [0.2, 0.25) is 10.0 Å². The molecule has 8 heteroatoms. The van der Waals surface area contributed by atoms with Crippen LogP contribution in [0.25, 0.3) is 0 Å². The summed E-state index contributed by atoms with van der Waals surface area (Å²) in [5, 5.41) is 2.99. The lowest BCUT2D eigenvalue weighted by molar-refractivity contribution is -0.145. The summed E-state index contributed by atoms with van der Waals surface area (Å²) in [5.41, 5.74) is 0.931. The second-order valence-corrected chi connectivity index (χ2v) is 6.38. The zero-order valence-corrected chi connectivity index (χ0v) is 15.9. The van der Waals surface area contributed by atoms with Gasteiger partial charge in [0.15, 0.2) is 6.61 Å². The van der Waals surface area contributed by atoms with Crippen LogP contribution in [-0.4, -0.2) is 37.6 Å². The Balaban J connectivity index is 1.94. The van der Waals surface area contributed by atoms with Crippen molar-refractivity contribution in [3.05, 3.63) is 69.7 Å². The van der Waals surface area contributed by atoms with Crippen LogP contribution >= 0.6 is 23.2 Å². The number of esters is 2. The Bertz CT molecular complexity index is 826. The van der Waals surface area contributed by atoms with Crippen LogP contribution in [0.1, 0.15) is 15.9 Å². The number of carbonyl (C=O) groups excluding carboxylic acids is 3. The standard InChI is InChI=1S/C19H17Cl2NO5/c1-26-19(25)16(9-12-5-3-2-4-6-12)22-17(23)11-27-18(24)14-8-7-13(20)10-15(14)21/h2-8,10,16H,9,11H2,1H3,(H,22,23)/t16-/m1/s1. The van der Waals surface area contributed by atoms with Gasteiger partial charge < -0.3 is 14.8 Å². The van der Waals surface area contributed by atoms with Gasteiger partial charge in [-0.25, -0.2) is 9.59 Å². The van der Waals surface area contributed by atoms with Gasteiger partial charge in [0.1, 0.15) is 6.04 Å². The molecule has 1 atom stereocenters. The first-order chi connectivity index (χ1) is 12.9. The molecule has 0 radical (unpaired) electrons. The van der Waals surface area contributed by atoms with E-state index in [4.69, 9.17) is 32.7 Å². The Morgan fingerprint density at radius 3 is 2.41 bits per heavy atom. The van der Waals surface area contributed by atoms with Gasteiger partial charge in [0.05, 0.1) is 17.7 Å². The largest absolute Gasteiger partial charge is 0.467 e. The average Bonchev–Trinajstić information content (AvgIpc) is 2.65. The third kappa shape index (κ3) is 6.27. The maximum Gasteiger partial charge on any atom is 0.340 e. The minimum absolute atomic E-state index is 0.0858. The van der Waals surface area contributed by atoms with Gasteiger partial charge in [-0.05, 0) is 23.8 Å². The van der Waals surface area contributed by atoms with Crippen LogP contribution in [0.5, 0.6) is 0 Å². The van der Waals surface area contributed by atoms with Crippen molar-refractivity contribution in [1.82, 2.24) is 5.32 Å². The smallest absolute Gasteiger partial charge is 0.340 e. The quantitative estimate of drug-likeness (QED) is 0.710. The number of hydrogen-bond donors (Lipinski definition) is 1. The van der Waals surface area contributed by atoms with Crippen molar-refractivity contribution in [2.45, 2.75) is 12.5 Å². The molecule has 0 fully saturated rings. The van der Waals surface area contributed by atoms with Gasteiger partial charge in [-0.1, -0.05) is 53.5 Å². The summed E-state index contributed by atoms with van der Waals surface area (Å²) in [6.07, 6.45) is 0.246. The minimum Gasteiger partial charge on any atom is -0.467 e. The van der Waals surface area contributed by atoms with Crippen molar-refractivity contribution in [3.8, 4) is 0 Å². The minimum atomic E-state index is -0.900. The van der Waals surface area contributed by atoms with E-state index in [9.17, 15) is 14.4 Å². The second-order valence-electron chi connectivity index (χ2n) is 5.53. The Morgan fingerprint density at radius 2 is 1.78 bits per heavy atom. The Morgan fingerprint density at radius 1 is 1.07 bits per heavy atom. The van der Waals surface area contributed by atoms with E-state index in [-0.39, 0.29) is 17.0 Å². The van der Waals surface area contributed by atoms with E-state index in [1.807, 2.05) is 30.3 Å². The van der Waals surface area contributed by atoms with Crippen LogP contribution in [-0.2, 0) is 25.5 Å². The first-order valence-corrected chi connectivity index (χ1v) is 8.69. The zero-order valence-electron chi connectivity index (χ0n) is 14.4. The summed E-state index contributed by atoms with van der Waals surface area (Å²) < 4.78 is 9.66. The van der Waals surface area contributed by atoms with Crippen molar-refractivity contribution in [3.63, 3.8) is 0 Å². The highest BCUT2D eigenvalue weighted by atomic mass is 35.5. The van der Waals surface area contributed by atoms with Gasteiger partial charge in [0, 0.05) is 11.4 Å². The molecular weight excluding hydrogens is 393 g/mol. The monoisotopic (exact) mass is 409 g/mol. The lowest BCUT2D eigenvalue weighted by Crippen LogP contribution is -2.44. The van der Waals surface area contributed by atoms with Crippen LogP contribution in [0, 0.1) is 0 Å². The highest BCUT2D eigenvalue weighted by Crippen LogP contribution is 2.21. The molecular formula is C19H17Cl2NO5. The third-order valence-electron chi connectivity index (χ3n) is 3.59. The van der Waals surface area contributed by atoms with Crippen LogP contribution in [0.3, 0.4) is 0 Å². The zero-order chi connectivity index (χ0) is 19.8. The van der Waals surface area contributed by atoms with Crippen LogP contribution < -0.4 is 5.32 Å². The van der Waals surface area contributed by atoms with E-state index < -0.39 is 30.5 Å². The van der Waals surface area contributed by atoms with Gasteiger partial charge in [-0.2, -0.15) is 0 Å². The van der Waals surface area contributed by atoms with Crippen molar-refractivity contribution < 1.29 is 23.9 Å². The maximum absolute atomic E-state index is 12.1. The number of methoxy groups -OCH3 is 1. The number of amides is 1. The number of hydrogen-bond acceptors (Lipinski definition) is 5. The van der Waals surface area contributed by atoms with Crippen molar-refractivity contribution in [1.29, 1.82) is 0 Å². The first kappa shape index (κ1) is 20.7. The molecule has 0 spiro atoms. The summed E-state index contributed by atoms with van der Waals surface area (Å²) in [5.74, 6) is -2.01. The van der Waals surface area contributed by atoms with Crippen LogP contribution in [0.15, 0.2) is 48.5 Å². The molecule has 0 aliphatic heterocycles. The fraction of sp³-hybridized carbons (Fsp3) is 0.211. The van der Waals surface area contributed by atoms with Gasteiger partial charge in [-0.3, -0.25) is 4.79 Å². The molecule has 6 nitrogen and oxygen atoms in total.